The summed E-state index contributed by atoms with van der Waals surface area (Å²) in [6.07, 6.45) is -9.84. The number of methoxy groups -OCH3 is 1. The molecular formula is C24H23ClF3N7O5. The number of hydrogen-bond acceptors (Lipinski definition) is 8. The second-order valence-corrected chi connectivity index (χ2v) is 8.92. The van der Waals surface area contributed by atoms with E-state index in [4.69, 9.17) is 26.8 Å². The molecule has 40 heavy (non-hydrogen) atoms. The van der Waals surface area contributed by atoms with Gasteiger partial charge in [0.1, 0.15) is 18.0 Å². The van der Waals surface area contributed by atoms with Gasteiger partial charge in [0.15, 0.2) is 29.7 Å². The summed E-state index contributed by atoms with van der Waals surface area (Å²) in [4.78, 5) is 29.0. The van der Waals surface area contributed by atoms with Gasteiger partial charge in [0.05, 0.1) is 13.7 Å². The Labute approximate surface area is 229 Å². The number of alkyl halides is 3. The number of amides is 1. The summed E-state index contributed by atoms with van der Waals surface area (Å²) in [5, 5.41) is 18.7. The van der Waals surface area contributed by atoms with E-state index in [1.165, 1.54) is 43.0 Å². The molecule has 0 fully saturated rings. The van der Waals surface area contributed by atoms with Crippen molar-refractivity contribution in [3.8, 4) is 22.8 Å². The standard InChI is InChI=1S/C24H23ClF3N7O5/c1-13(40-22(29)37)20-30-19(31-35(20)16-5-3-4-6-17(16)39-2)12-34-23(38)33(11-18(36)24(26,27)28)21(32-34)14-7-9-15(25)10-8-14/h3-10,13,18,36H,11-12H2,1-2H3,(H2,29,37). The summed E-state index contributed by atoms with van der Waals surface area (Å²) in [5.41, 5.74) is 4.92. The predicted molar refractivity (Wildman–Crippen MR) is 135 cm³/mol. The first-order valence-electron chi connectivity index (χ1n) is 11.6. The monoisotopic (exact) mass is 581 g/mol. The molecule has 0 aliphatic heterocycles. The van der Waals surface area contributed by atoms with Crippen LogP contribution in [0.15, 0.2) is 53.3 Å². The van der Waals surface area contributed by atoms with Crippen LogP contribution in [0.4, 0.5) is 18.0 Å². The number of para-hydroxylation sites is 2. The highest BCUT2D eigenvalue weighted by Gasteiger charge is 2.39. The molecule has 16 heteroatoms. The first-order chi connectivity index (χ1) is 18.9. The van der Waals surface area contributed by atoms with Crippen molar-refractivity contribution in [1.82, 2.24) is 29.1 Å². The third-order valence-electron chi connectivity index (χ3n) is 5.70. The SMILES string of the molecule is COc1ccccc1-n1nc(Cn2nc(-c3ccc(Cl)cc3)n(CC(O)C(F)(F)F)c2=O)nc1C(C)OC(N)=O. The van der Waals surface area contributed by atoms with Crippen LogP contribution in [0.2, 0.25) is 5.02 Å². The van der Waals surface area contributed by atoms with Gasteiger partial charge in [-0.1, -0.05) is 23.7 Å². The number of halogens is 4. The molecule has 0 bridgehead atoms. The van der Waals surface area contributed by atoms with Crippen molar-refractivity contribution in [2.24, 2.45) is 5.73 Å². The molecule has 3 N–H and O–H groups in total. The van der Waals surface area contributed by atoms with Crippen molar-refractivity contribution in [2.45, 2.75) is 38.4 Å². The van der Waals surface area contributed by atoms with Gasteiger partial charge in [-0.2, -0.15) is 13.2 Å². The summed E-state index contributed by atoms with van der Waals surface area (Å²) >= 11 is 5.92. The van der Waals surface area contributed by atoms with Crippen molar-refractivity contribution in [1.29, 1.82) is 0 Å². The zero-order chi connectivity index (χ0) is 29.2. The van der Waals surface area contributed by atoms with Crippen LogP contribution in [0.1, 0.15) is 24.7 Å². The van der Waals surface area contributed by atoms with Crippen molar-refractivity contribution in [2.75, 3.05) is 7.11 Å². The number of benzene rings is 2. The minimum Gasteiger partial charge on any atom is -0.494 e. The summed E-state index contributed by atoms with van der Waals surface area (Å²) in [6.45, 7) is 0.0214. The van der Waals surface area contributed by atoms with E-state index in [1.54, 1.807) is 24.3 Å². The molecule has 2 aromatic carbocycles. The lowest BCUT2D eigenvalue weighted by atomic mass is 10.2. The number of aliphatic hydroxyl groups is 1. The van der Waals surface area contributed by atoms with E-state index in [9.17, 15) is 27.9 Å². The van der Waals surface area contributed by atoms with Crippen LogP contribution >= 0.6 is 11.6 Å². The molecule has 2 heterocycles. The van der Waals surface area contributed by atoms with Gasteiger partial charge in [-0.05, 0) is 43.3 Å². The first kappa shape index (κ1) is 28.6. The van der Waals surface area contributed by atoms with Crippen LogP contribution < -0.4 is 16.2 Å². The molecule has 0 saturated carbocycles. The third-order valence-corrected chi connectivity index (χ3v) is 5.95. The van der Waals surface area contributed by atoms with E-state index in [2.05, 4.69) is 15.2 Å². The van der Waals surface area contributed by atoms with Gasteiger partial charge in [0.25, 0.3) is 0 Å². The summed E-state index contributed by atoms with van der Waals surface area (Å²) in [6, 6.07) is 12.7. The molecule has 0 aliphatic rings. The molecule has 0 spiro atoms. The highest BCUT2D eigenvalue weighted by molar-refractivity contribution is 6.30. The molecule has 4 aromatic rings. The van der Waals surface area contributed by atoms with E-state index in [-0.39, 0.29) is 29.6 Å². The molecule has 0 aliphatic carbocycles. The second kappa shape index (κ2) is 11.4. The maximum atomic E-state index is 13.2. The molecule has 0 saturated heterocycles. The van der Waals surface area contributed by atoms with Crippen molar-refractivity contribution < 1.29 is 32.5 Å². The van der Waals surface area contributed by atoms with E-state index >= 15 is 0 Å². The molecule has 12 nitrogen and oxygen atoms in total. The summed E-state index contributed by atoms with van der Waals surface area (Å²) in [7, 11) is 1.44. The Bertz CT molecular complexity index is 1570. The van der Waals surface area contributed by atoms with Crippen molar-refractivity contribution in [3.05, 3.63) is 75.7 Å². The third kappa shape index (κ3) is 6.10. The largest absolute Gasteiger partial charge is 0.494 e. The minimum atomic E-state index is -4.97. The van der Waals surface area contributed by atoms with Gasteiger partial charge < -0.3 is 20.3 Å². The Hall–Kier alpha value is -4.37. The number of aliphatic hydroxyl groups excluding tert-OH is 1. The Morgan fingerprint density at radius 3 is 2.45 bits per heavy atom. The van der Waals surface area contributed by atoms with E-state index < -0.39 is 36.7 Å². The summed E-state index contributed by atoms with van der Waals surface area (Å²) in [5.74, 6) is 0.390. The zero-order valence-electron chi connectivity index (χ0n) is 21.0. The first-order valence-corrected chi connectivity index (χ1v) is 12.0. The van der Waals surface area contributed by atoms with Crippen LogP contribution in [0, 0.1) is 0 Å². The summed E-state index contributed by atoms with van der Waals surface area (Å²) < 4.78 is 52.8. The van der Waals surface area contributed by atoms with Crippen LogP contribution in [0.3, 0.4) is 0 Å². The fraction of sp³-hybridized carbons (Fsp3) is 0.292. The Morgan fingerprint density at radius 1 is 1.15 bits per heavy atom. The molecule has 1 amide bonds. The van der Waals surface area contributed by atoms with Crippen LogP contribution in [-0.2, 0) is 17.8 Å². The number of aromatic nitrogens is 6. The topological polar surface area (TPSA) is 152 Å². The van der Waals surface area contributed by atoms with E-state index in [0.717, 1.165) is 4.68 Å². The predicted octanol–water partition coefficient (Wildman–Crippen LogP) is 3.08. The van der Waals surface area contributed by atoms with Crippen molar-refractivity contribution >= 4 is 17.7 Å². The van der Waals surface area contributed by atoms with Gasteiger partial charge in [-0.15, -0.1) is 10.2 Å². The number of rotatable bonds is 9. The molecule has 212 valence electrons. The quantitative estimate of drug-likeness (QED) is 0.306. The fourth-order valence-corrected chi connectivity index (χ4v) is 3.97. The lowest BCUT2D eigenvalue weighted by Gasteiger charge is -2.15. The Morgan fingerprint density at radius 2 is 1.82 bits per heavy atom. The Kier molecular flexibility index (Phi) is 8.16. The number of ether oxygens (including phenoxy) is 2. The van der Waals surface area contributed by atoms with E-state index in [0.29, 0.717) is 21.0 Å². The second-order valence-electron chi connectivity index (χ2n) is 8.49. The average Bonchev–Trinajstić information content (AvgIpc) is 3.45. The van der Waals surface area contributed by atoms with E-state index in [1.807, 2.05) is 0 Å². The molecule has 2 atom stereocenters. The molecule has 0 radical (unpaired) electrons. The van der Waals surface area contributed by atoms with Crippen LogP contribution in [0.5, 0.6) is 5.75 Å². The lowest BCUT2D eigenvalue weighted by molar-refractivity contribution is -0.207. The number of carbonyl (C=O) groups excluding carboxylic acids is 1. The number of carbonyl (C=O) groups is 1. The van der Waals surface area contributed by atoms with Gasteiger partial charge in [-0.3, -0.25) is 4.57 Å². The highest BCUT2D eigenvalue weighted by Crippen LogP contribution is 2.27. The van der Waals surface area contributed by atoms with Crippen LogP contribution in [-0.4, -0.2) is 59.7 Å². The smallest absolute Gasteiger partial charge is 0.416 e. The zero-order valence-corrected chi connectivity index (χ0v) is 21.8. The van der Waals surface area contributed by atoms with Gasteiger partial charge in [-0.25, -0.2) is 23.9 Å². The lowest BCUT2D eigenvalue weighted by Crippen LogP contribution is -2.37. The van der Waals surface area contributed by atoms with Gasteiger partial charge in [0, 0.05) is 10.6 Å². The number of primary amides is 1. The number of hydrogen-bond donors (Lipinski definition) is 2. The maximum Gasteiger partial charge on any atom is 0.416 e. The van der Waals surface area contributed by atoms with Gasteiger partial charge >= 0.3 is 18.0 Å². The minimum absolute atomic E-state index is 0.00611. The molecular weight excluding hydrogens is 559 g/mol. The molecule has 2 unspecified atom stereocenters. The van der Waals surface area contributed by atoms with Crippen LogP contribution in [0.25, 0.3) is 17.1 Å². The van der Waals surface area contributed by atoms with Crippen molar-refractivity contribution in [3.63, 3.8) is 0 Å². The maximum absolute atomic E-state index is 13.2. The highest BCUT2D eigenvalue weighted by atomic mass is 35.5. The number of nitrogens with zero attached hydrogens (tertiary/aromatic N) is 6. The average molecular weight is 582 g/mol. The fourth-order valence-electron chi connectivity index (χ4n) is 3.84. The van der Waals surface area contributed by atoms with Gasteiger partial charge in [0.2, 0.25) is 0 Å². The Balaban J connectivity index is 1.80. The molecule has 4 rings (SSSR count). The molecule has 2 aromatic heterocycles. The normalized spacial score (nSPS) is 13.2. The number of nitrogens with two attached hydrogens (primary N) is 1.